The fourth-order valence-corrected chi connectivity index (χ4v) is 2.44. The van der Waals surface area contributed by atoms with Crippen LogP contribution in [0.3, 0.4) is 0 Å². The van der Waals surface area contributed by atoms with Gasteiger partial charge < -0.3 is 10.6 Å². The van der Waals surface area contributed by atoms with Crippen LogP contribution in [0, 0.1) is 5.82 Å². The molecule has 3 nitrogen and oxygen atoms in total. The summed E-state index contributed by atoms with van der Waals surface area (Å²) in [7, 11) is 0. The second kappa shape index (κ2) is 6.48. The van der Waals surface area contributed by atoms with Gasteiger partial charge in [-0.15, -0.1) is 0 Å². The van der Waals surface area contributed by atoms with Crippen molar-refractivity contribution in [1.82, 2.24) is 5.32 Å². The maximum Gasteiger partial charge on any atom is 0.247 e. The number of rotatable bonds is 5. The van der Waals surface area contributed by atoms with Crippen LogP contribution in [-0.4, -0.2) is 11.9 Å². The summed E-state index contributed by atoms with van der Waals surface area (Å²) < 4.78 is 14.1. The van der Waals surface area contributed by atoms with Gasteiger partial charge in [0, 0.05) is 16.2 Å². The van der Waals surface area contributed by atoms with E-state index in [0.717, 1.165) is 28.6 Å². The Hall–Kier alpha value is -1.88. The van der Waals surface area contributed by atoms with Crippen LogP contribution in [0.25, 0.3) is 0 Å². The number of halogens is 2. The van der Waals surface area contributed by atoms with E-state index >= 15 is 0 Å². The van der Waals surface area contributed by atoms with Gasteiger partial charge in [0.05, 0.1) is 0 Å². The third-order valence-corrected chi connectivity index (χ3v) is 4.07. The predicted molar refractivity (Wildman–Crippen MR) is 88.1 cm³/mol. The van der Waals surface area contributed by atoms with E-state index in [-0.39, 0.29) is 17.8 Å². The second-order valence-electron chi connectivity index (χ2n) is 5.42. The number of hydrogen-bond donors (Lipinski definition) is 2. The van der Waals surface area contributed by atoms with Crippen LogP contribution in [-0.2, 0) is 4.79 Å². The summed E-state index contributed by atoms with van der Waals surface area (Å²) in [6, 6.07) is 13.4. The summed E-state index contributed by atoms with van der Waals surface area (Å²) in [4.78, 5) is 12.5. The monoisotopic (exact) mass is 362 g/mol. The molecule has 0 aromatic heterocycles. The van der Waals surface area contributed by atoms with Gasteiger partial charge >= 0.3 is 0 Å². The maximum atomic E-state index is 13.1. The van der Waals surface area contributed by atoms with Crippen molar-refractivity contribution in [3.63, 3.8) is 0 Å². The standard InChI is InChI=1S/C17H16BrFN2O/c18-12-3-7-14(8-4-12)20-16(17(22)21-15-9-10-15)11-1-5-13(19)6-2-11/h1-8,15-16,20H,9-10H2,(H,21,22). The molecule has 1 unspecified atom stereocenters. The Bertz CT molecular complexity index is 653. The number of nitrogens with one attached hydrogen (secondary N) is 2. The summed E-state index contributed by atoms with van der Waals surface area (Å²) >= 11 is 3.39. The number of benzene rings is 2. The fraction of sp³-hybridized carbons (Fsp3) is 0.235. The van der Waals surface area contributed by atoms with Crippen LogP contribution in [0.1, 0.15) is 24.4 Å². The first kappa shape index (κ1) is 15.0. The van der Waals surface area contributed by atoms with Gasteiger partial charge in [0.1, 0.15) is 11.9 Å². The van der Waals surface area contributed by atoms with E-state index in [4.69, 9.17) is 0 Å². The lowest BCUT2D eigenvalue weighted by molar-refractivity contribution is -0.122. The van der Waals surface area contributed by atoms with Crippen molar-refractivity contribution in [3.8, 4) is 0 Å². The third-order valence-electron chi connectivity index (χ3n) is 3.54. The lowest BCUT2D eigenvalue weighted by Crippen LogP contribution is -2.34. The quantitative estimate of drug-likeness (QED) is 0.843. The molecule has 22 heavy (non-hydrogen) atoms. The molecule has 1 fully saturated rings. The highest BCUT2D eigenvalue weighted by Gasteiger charge is 2.28. The lowest BCUT2D eigenvalue weighted by atomic mass is 10.1. The molecule has 0 heterocycles. The van der Waals surface area contributed by atoms with Gasteiger partial charge in [0.15, 0.2) is 0 Å². The van der Waals surface area contributed by atoms with Crippen LogP contribution in [0.2, 0.25) is 0 Å². The first-order valence-electron chi connectivity index (χ1n) is 7.20. The Morgan fingerprint density at radius 2 is 1.73 bits per heavy atom. The lowest BCUT2D eigenvalue weighted by Gasteiger charge is -2.20. The van der Waals surface area contributed by atoms with E-state index in [0.29, 0.717) is 0 Å². The Balaban J connectivity index is 1.82. The minimum absolute atomic E-state index is 0.0861. The van der Waals surface area contributed by atoms with Gasteiger partial charge in [-0.2, -0.15) is 0 Å². The van der Waals surface area contributed by atoms with Gasteiger partial charge in [-0.3, -0.25) is 4.79 Å². The van der Waals surface area contributed by atoms with Gasteiger partial charge in [0.25, 0.3) is 0 Å². The molecule has 1 atom stereocenters. The Kier molecular flexibility index (Phi) is 4.43. The zero-order chi connectivity index (χ0) is 15.5. The Labute approximate surface area is 137 Å². The highest BCUT2D eigenvalue weighted by atomic mass is 79.9. The molecule has 0 saturated heterocycles. The smallest absolute Gasteiger partial charge is 0.247 e. The summed E-state index contributed by atoms with van der Waals surface area (Å²) in [5.74, 6) is -0.397. The zero-order valence-electron chi connectivity index (χ0n) is 11.9. The van der Waals surface area contributed by atoms with E-state index in [2.05, 4.69) is 26.6 Å². The molecule has 5 heteroatoms. The van der Waals surface area contributed by atoms with Crippen molar-refractivity contribution in [1.29, 1.82) is 0 Å². The first-order valence-corrected chi connectivity index (χ1v) is 7.99. The van der Waals surface area contributed by atoms with Crippen molar-refractivity contribution in [2.24, 2.45) is 0 Å². The molecule has 0 aliphatic heterocycles. The van der Waals surface area contributed by atoms with Gasteiger partial charge in [-0.05, 0) is 54.8 Å². The minimum Gasteiger partial charge on any atom is -0.370 e. The van der Waals surface area contributed by atoms with Crippen LogP contribution < -0.4 is 10.6 Å². The highest BCUT2D eigenvalue weighted by molar-refractivity contribution is 9.10. The number of carbonyl (C=O) groups is 1. The molecule has 0 bridgehead atoms. The van der Waals surface area contributed by atoms with Crippen LogP contribution in [0.4, 0.5) is 10.1 Å². The molecule has 2 N–H and O–H groups in total. The first-order chi connectivity index (χ1) is 10.6. The van der Waals surface area contributed by atoms with Crippen molar-refractivity contribution < 1.29 is 9.18 Å². The highest BCUT2D eigenvalue weighted by Crippen LogP contribution is 2.25. The molecule has 2 aromatic rings. The summed E-state index contributed by atoms with van der Waals surface area (Å²) in [5.41, 5.74) is 1.57. The minimum atomic E-state index is -0.539. The summed E-state index contributed by atoms with van der Waals surface area (Å²) in [6.07, 6.45) is 2.06. The van der Waals surface area contributed by atoms with Crippen molar-refractivity contribution in [3.05, 3.63) is 64.4 Å². The molecular weight excluding hydrogens is 347 g/mol. The van der Waals surface area contributed by atoms with E-state index in [1.165, 1.54) is 12.1 Å². The molecule has 114 valence electrons. The maximum absolute atomic E-state index is 13.1. The fourth-order valence-electron chi connectivity index (χ4n) is 2.18. The van der Waals surface area contributed by atoms with Crippen LogP contribution >= 0.6 is 15.9 Å². The van der Waals surface area contributed by atoms with Gasteiger partial charge in [-0.25, -0.2) is 4.39 Å². The molecule has 0 spiro atoms. The molecule has 1 amide bonds. The topological polar surface area (TPSA) is 41.1 Å². The van der Waals surface area contributed by atoms with E-state index in [1.54, 1.807) is 12.1 Å². The molecule has 1 saturated carbocycles. The van der Waals surface area contributed by atoms with Gasteiger partial charge in [-0.1, -0.05) is 28.1 Å². The molecule has 0 radical (unpaired) electrons. The van der Waals surface area contributed by atoms with E-state index in [9.17, 15) is 9.18 Å². The summed E-state index contributed by atoms with van der Waals surface area (Å²) in [6.45, 7) is 0. The van der Waals surface area contributed by atoms with Crippen LogP contribution in [0.5, 0.6) is 0 Å². The Morgan fingerprint density at radius 3 is 2.32 bits per heavy atom. The number of carbonyl (C=O) groups excluding carboxylic acids is 1. The molecule has 2 aromatic carbocycles. The average Bonchev–Trinajstić information content (AvgIpc) is 3.31. The third kappa shape index (κ3) is 3.85. The van der Waals surface area contributed by atoms with Crippen LogP contribution in [0.15, 0.2) is 53.0 Å². The summed E-state index contributed by atoms with van der Waals surface area (Å²) in [5, 5.41) is 6.21. The van der Waals surface area contributed by atoms with Gasteiger partial charge in [0.2, 0.25) is 5.91 Å². The number of hydrogen-bond acceptors (Lipinski definition) is 2. The molecule has 1 aliphatic carbocycles. The Morgan fingerprint density at radius 1 is 1.09 bits per heavy atom. The molecule has 1 aliphatic rings. The second-order valence-corrected chi connectivity index (χ2v) is 6.33. The van der Waals surface area contributed by atoms with Crippen molar-refractivity contribution in [2.75, 3.05) is 5.32 Å². The van der Waals surface area contributed by atoms with Crippen molar-refractivity contribution in [2.45, 2.75) is 24.9 Å². The number of amides is 1. The van der Waals surface area contributed by atoms with E-state index in [1.807, 2.05) is 24.3 Å². The molecule has 3 rings (SSSR count). The predicted octanol–water partition coefficient (Wildman–Crippen LogP) is 4.02. The SMILES string of the molecule is O=C(NC1CC1)C(Nc1ccc(Br)cc1)c1ccc(F)cc1. The van der Waals surface area contributed by atoms with Crippen molar-refractivity contribution >= 4 is 27.5 Å². The number of anilines is 1. The molecular formula is C17H16BrFN2O. The largest absolute Gasteiger partial charge is 0.370 e. The normalized spacial score (nSPS) is 15.2. The van der Waals surface area contributed by atoms with E-state index < -0.39 is 6.04 Å². The average molecular weight is 363 g/mol. The zero-order valence-corrected chi connectivity index (χ0v) is 13.4.